The maximum absolute atomic E-state index is 2.35. The summed E-state index contributed by atoms with van der Waals surface area (Å²) in [5.41, 5.74) is 7.76. The van der Waals surface area contributed by atoms with E-state index in [0.29, 0.717) is 0 Å². The van der Waals surface area contributed by atoms with Gasteiger partial charge in [0.25, 0.3) is 0 Å². The zero-order valence-corrected chi connectivity index (χ0v) is 38.3. The largest absolute Gasteiger partial charge is 1.00 e. The van der Waals surface area contributed by atoms with Crippen LogP contribution in [-0.2, 0) is 23.3 Å². The van der Waals surface area contributed by atoms with Crippen molar-refractivity contribution in [3.63, 3.8) is 0 Å². The number of halogens is 2. The smallest absolute Gasteiger partial charge is 0.0174 e. The topological polar surface area (TPSA) is 0 Å². The minimum absolute atomic E-state index is 0. The molecule has 11 aromatic rings. The van der Waals surface area contributed by atoms with Crippen LogP contribution in [0.15, 0.2) is 200 Å². The Morgan fingerprint density at radius 3 is 1.17 bits per heavy atom. The second kappa shape index (κ2) is 18.5. The van der Waals surface area contributed by atoms with Gasteiger partial charge in [-0.3, -0.25) is 0 Å². The van der Waals surface area contributed by atoms with E-state index in [1.54, 1.807) is 28.5 Å². The van der Waals surface area contributed by atoms with Crippen molar-refractivity contribution in [3.05, 3.63) is 211 Å². The van der Waals surface area contributed by atoms with E-state index in [9.17, 15) is 0 Å². The van der Waals surface area contributed by atoms with Crippen molar-refractivity contribution in [1.82, 2.24) is 0 Å². The fraction of sp³-hybridized carbons (Fsp3) is 0.0545. The first-order valence-electron chi connectivity index (χ1n) is 19.7. The van der Waals surface area contributed by atoms with Gasteiger partial charge < -0.3 is 24.8 Å². The summed E-state index contributed by atoms with van der Waals surface area (Å²) >= 11 is 1.69. The van der Waals surface area contributed by atoms with Crippen LogP contribution in [0.1, 0.15) is 11.1 Å². The molecule has 0 fully saturated rings. The van der Waals surface area contributed by atoms with Crippen molar-refractivity contribution in [1.29, 1.82) is 0 Å². The molecule has 59 heavy (non-hydrogen) atoms. The normalized spacial score (nSPS) is 10.8. The predicted molar refractivity (Wildman–Crippen MR) is 247 cm³/mol. The third-order valence-electron chi connectivity index (χ3n) is 11.0. The van der Waals surface area contributed by atoms with E-state index >= 15 is 0 Å². The number of fused-ring (bicyclic) bond motifs is 8. The van der Waals surface area contributed by atoms with E-state index in [2.05, 4.69) is 221 Å². The van der Waals surface area contributed by atoms with Crippen molar-refractivity contribution in [2.75, 3.05) is 0 Å². The van der Waals surface area contributed by atoms with Crippen LogP contribution >= 0.6 is 0 Å². The zero-order valence-electron chi connectivity index (χ0n) is 33.3. The first-order valence-corrected chi connectivity index (χ1v) is 25.3. The van der Waals surface area contributed by atoms with Crippen molar-refractivity contribution in [2.24, 2.45) is 0 Å². The van der Waals surface area contributed by atoms with Crippen molar-refractivity contribution >= 4 is 75.3 Å². The molecule has 0 atom stereocenters. The predicted octanol–water partition coefficient (Wildman–Crippen LogP) is 8.75. The van der Waals surface area contributed by atoms with Gasteiger partial charge in [-0.15, -0.1) is 69.1 Å². The Balaban J connectivity index is 0.000000145. The molecule has 0 saturated carbocycles. The van der Waals surface area contributed by atoms with E-state index in [0.717, 1.165) is 0 Å². The molecule has 0 N–H and O–H groups in total. The molecule has 4 heteroatoms. The molecule has 0 radical (unpaired) electrons. The Morgan fingerprint density at radius 1 is 0.390 bits per heavy atom. The average molecular weight is 893 g/mol. The number of hydrogen-bond acceptors (Lipinski definition) is 0. The molecule has 0 aliphatic rings. The van der Waals surface area contributed by atoms with Gasteiger partial charge in [-0.25, -0.2) is 0 Å². The van der Waals surface area contributed by atoms with Crippen molar-refractivity contribution in [2.45, 2.75) is 20.4 Å². The molecule has 0 aromatic heterocycles. The number of hydrogen-bond donors (Lipinski definition) is 0. The average Bonchev–Trinajstić information content (AvgIpc) is 3.89. The van der Waals surface area contributed by atoms with E-state index in [-0.39, 0.29) is 30.2 Å². The maximum atomic E-state index is 2.35. The van der Waals surface area contributed by atoms with Crippen LogP contribution in [0.3, 0.4) is 0 Å². The summed E-state index contributed by atoms with van der Waals surface area (Å²) in [7, 11) is 0. The van der Waals surface area contributed by atoms with Crippen LogP contribution in [0.4, 0.5) is 0 Å². The van der Waals surface area contributed by atoms with E-state index < -0.39 is 0 Å². The van der Waals surface area contributed by atoms with Gasteiger partial charge in [-0.05, 0) is 56.9 Å². The minimum atomic E-state index is -0.122. The molecule has 286 valence electrons. The summed E-state index contributed by atoms with van der Waals surface area (Å²) in [6.07, 6.45) is 0. The molecule has 0 heterocycles. The van der Waals surface area contributed by atoms with Gasteiger partial charge in [0.05, 0.1) is 0 Å². The molecule has 0 saturated heterocycles. The summed E-state index contributed by atoms with van der Waals surface area (Å²) in [6.45, 7) is 6.71. The quantitative estimate of drug-likeness (QED) is 0.0947. The zero-order chi connectivity index (χ0) is 38.9. The molecule has 0 aliphatic carbocycles. The first kappa shape index (κ1) is 42.1. The molecule has 0 amide bonds. The Bertz CT molecular complexity index is 2990. The second-order valence-electron chi connectivity index (χ2n) is 15.1. The molecule has 0 aliphatic heterocycles. The molecule has 11 aromatic carbocycles. The second-order valence-corrected chi connectivity index (χ2v) is 22.5. The summed E-state index contributed by atoms with van der Waals surface area (Å²) in [5.74, 6) is 0. The Hall–Kier alpha value is -5.08. The molecule has 0 bridgehead atoms. The third kappa shape index (κ3) is 8.79. The van der Waals surface area contributed by atoms with Crippen LogP contribution in [0.5, 0.6) is 0 Å². The fourth-order valence-electron chi connectivity index (χ4n) is 8.35. The van der Waals surface area contributed by atoms with Gasteiger partial charge in [0.2, 0.25) is 0 Å². The number of aryl methyl sites for hydroxylation is 2. The van der Waals surface area contributed by atoms with Gasteiger partial charge in [0.15, 0.2) is 0 Å². The van der Waals surface area contributed by atoms with E-state index in [4.69, 9.17) is 0 Å². The molecule has 0 unspecified atom stereocenters. The fourth-order valence-corrected chi connectivity index (χ4v) is 10.3. The molecule has 0 nitrogen and oxygen atoms in total. The van der Waals surface area contributed by atoms with E-state index in [1.165, 1.54) is 98.0 Å². The summed E-state index contributed by atoms with van der Waals surface area (Å²) in [6, 6.07) is 72.7. The summed E-state index contributed by atoms with van der Waals surface area (Å²) in [5, 5.41) is 17.4. The van der Waals surface area contributed by atoms with Crippen molar-refractivity contribution < 1.29 is 48.1 Å². The number of rotatable bonds is 3. The van der Waals surface area contributed by atoms with Gasteiger partial charge in [0.1, 0.15) is 0 Å². The SMILES string of the molecule is C[Si](=[Zr+2])c1ccccc1.Cc1cc(-c2cc3ccccc3[cH-]2)c2c(ccc3ccccc32)c1.Cc1cc(-c2cc3ccccc3[cH-]2)c2c(ccc3ccccc32)c1.[Cl-].[Cl-]. The van der Waals surface area contributed by atoms with Crippen LogP contribution in [0, 0.1) is 13.8 Å². The molecule has 0 spiro atoms. The van der Waals surface area contributed by atoms with Gasteiger partial charge in [0, 0.05) is 0 Å². The Labute approximate surface area is 374 Å². The van der Waals surface area contributed by atoms with Crippen LogP contribution in [0.2, 0.25) is 6.55 Å². The molecule has 11 rings (SSSR count). The van der Waals surface area contributed by atoms with Gasteiger partial charge in [-0.2, -0.15) is 0 Å². The van der Waals surface area contributed by atoms with Crippen LogP contribution in [-0.4, -0.2) is 5.43 Å². The molecular formula is C55H42Cl2SiZr-2. The van der Waals surface area contributed by atoms with Gasteiger partial charge in [-0.1, -0.05) is 156 Å². The van der Waals surface area contributed by atoms with Crippen LogP contribution < -0.4 is 30.0 Å². The Kier molecular flexibility index (Phi) is 13.2. The number of benzene rings is 9. The minimum Gasteiger partial charge on any atom is -1.00 e. The monoisotopic (exact) mass is 890 g/mol. The Morgan fingerprint density at radius 2 is 0.763 bits per heavy atom. The van der Waals surface area contributed by atoms with E-state index in [1.807, 2.05) is 0 Å². The molecular weight excluding hydrogens is 851 g/mol. The standard InChI is InChI=1S/2C24H17.C7H8Si.2ClH.Zr/c2*1-16-12-20-11-10-17-6-4-5-9-22(17)24(20)23(13-16)21-14-18-7-2-3-8-19(18)15-21;1-8-7-5-3-2-4-6-7;;;/h2*2-15H,1H3;2-6H,1H3;2*1H;/q2*-1;;;;+2/p-2. The van der Waals surface area contributed by atoms with Crippen molar-refractivity contribution in [3.8, 4) is 22.3 Å². The first-order chi connectivity index (χ1) is 27.9. The third-order valence-corrected chi connectivity index (χ3v) is 14.4. The maximum Gasteiger partial charge on any atom is -0.0174 e. The summed E-state index contributed by atoms with van der Waals surface area (Å²) < 4.78 is 0. The van der Waals surface area contributed by atoms with Gasteiger partial charge >= 0.3 is 70.8 Å². The summed E-state index contributed by atoms with van der Waals surface area (Å²) in [4.78, 5) is 0. The van der Waals surface area contributed by atoms with Crippen LogP contribution in [0.25, 0.3) is 86.9 Å².